The van der Waals surface area contributed by atoms with Crippen LogP contribution >= 0.6 is 0 Å². The van der Waals surface area contributed by atoms with Gasteiger partial charge in [0.05, 0.1) is 79.9 Å². The number of Topliss-reactive ketones (excluding diaryl/α,β-unsaturated/α-hetero) is 1. The third-order valence-electron chi connectivity index (χ3n) is 22.3. The molecule has 0 aromatic heterocycles. The third-order valence-corrected chi connectivity index (χ3v) is 22.3. The lowest BCUT2D eigenvalue weighted by Crippen LogP contribution is -2.75. The van der Waals surface area contributed by atoms with Crippen molar-refractivity contribution in [2.45, 2.75) is 310 Å². The normalized spacial score (nSPS) is 53.0. The zero-order chi connectivity index (χ0) is 62.8. The van der Waals surface area contributed by atoms with Gasteiger partial charge in [0.2, 0.25) is 0 Å². The number of aliphatic hydroxyl groups is 7. The highest BCUT2D eigenvalue weighted by atomic mass is 16.8. The zero-order valence-corrected chi connectivity index (χ0v) is 53.0. The van der Waals surface area contributed by atoms with Crippen molar-refractivity contribution in [1.82, 2.24) is 0 Å². The number of hydrogen-bond acceptors (Lipinski definition) is 25. The van der Waals surface area contributed by atoms with Gasteiger partial charge in [0, 0.05) is 84.9 Å². The van der Waals surface area contributed by atoms with E-state index in [0.29, 0.717) is 57.8 Å². The van der Waals surface area contributed by atoms with Crippen LogP contribution in [0.25, 0.3) is 0 Å². The summed E-state index contributed by atoms with van der Waals surface area (Å²) < 4.78 is 107. The molecule has 25 nitrogen and oxygen atoms in total. The number of carbonyl (C=O) groups excluding carboxylic acids is 1. The van der Waals surface area contributed by atoms with Gasteiger partial charge in [-0.1, -0.05) is 25.5 Å². The van der Waals surface area contributed by atoms with Crippen LogP contribution in [0.2, 0.25) is 0 Å². The van der Waals surface area contributed by atoms with Gasteiger partial charge < -0.3 is 116 Å². The summed E-state index contributed by atoms with van der Waals surface area (Å²) >= 11 is 0. The first-order chi connectivity index (χ1) is 41.3. The molecule has 25 heteroatoms. The van der Waals surface area contributed by atoms with E-state index in [0.717, 1.165) is 5.57 Å². The maximum atomic E-state index is 12.8. The molecule has 4 aliphatic carbocycles. The average Bonchev–Trinajstić information content (AvgIpc) is 1.65. The Hall–Kier alpha value is -1.55. The molecule has 3 saturated carbocycles. The number of hydrogen-bond donors (Lipinski definition) is 7. The van der Waals surface area contributed by atoms with E-state index in [9.17, 15) is 40.5 Å². The Morgan fingerprint density at radius 1 is 0.540 bits per heavy atom. The van der Waals surface area contributed by atoms with Gasteiger partial charge >= 0.3 is 0 Å². The SMILES string of the molecule is CO[C@H]1C[C@H](O[C@@H]2[C@@H](C)O[C@@H](O[C@@H]3[C@@H](C)O[C@@H](O[C@@H]4[C@@H](C)O[C@@H](O[C@H]5CC[C@@]6(C)C(=CC[C@]7(O)[C@@H]6C[C@@H](O)[C@]6(C)[C@H](C(C)=O)CC[C@@]67O)C5)C[C@H]4OC)C[C@H]3OC)C[C@H]2OC)O[C@H](C)[C@H]1O[C@H]1C[C@@H](OC)[C@H](O[C@@H]2O[C@H](CO)[C@@H](O)[C@H](O)[C@H]2O)[C@@H](C)O1. The summed E-state index contributed by atoms with van der Waals surface area (Å²) in [4.78, 5) is 12.8. The molecule has 0 radical (unpaired) electrons. The van der Waals surface area contributed by atoms with Gasteiger partial charge in [0.25, 0.3) is 0 Å². The number of ether oxygens (including phenoxy) is 17. The van der Waals surface area contributed by atoms with E-state index in [-0.39, 0.29) is 37.3 Å². The van der Waals surface area contributed by atoms with Gasteiger partial charge in [-0.25, -0.2) is 0 Å². The topological polar surface area (TPSA) is 316 Å². The second-order valence-corrected chi connectivity index (χ2v) is 27.0. The molecule has 33 atom stereocenters. The summed E-state index contributed by atoms with van der Waals surface area (Å²) in [6.45, 7) is 14.3. The van der Waals surface area contributed by atoms with Crippen LogP contribution in [0, 0.1) is 22.7 Å². The second kappa shape index (κ2) is 27.4. The number of methoxy groups -OCH3 is 5. The molecule has 6 saturated heterocycles. The van der Waals surface area contributed by atoms with Crippen LogP contribution < -0.4 is 0 Å². The summed E-state index contributed by atoms with van der Waals surface area (Å²) in [6, 6.07) is 0. The van der Waals surface area contributed by atoms with Crippen LogP contribution in [0.5, 0.6) is 0 Å². The van der Waals surface area contributed by atoms with Crippen molar-refractivity contribution < 1.29 is 121 Å². The van der Waals surface area contributed by atoms with Crippen molar-refractivity contribution in [3.8, 4) is 0 Å². The monoisotopic (exact) mass is 1250 g/mol. The highest BCUT2D eigenvalue weighted by Crippen LogP contribution is 2.69. The summed E-state index contributed by atoms with van der Waals surface area (Å²) in [5, 5.41) is 77.7. The van der Waals surface area contributed by atoms with Crippen molar-refractivity contribution in [3.63, 3.8) is 0 Å². The van der Waals surface area contributed by atoms with Crippen LogP contribution in [0.15, 0.2) is 11.6 Å². The molecule has 6 aliphatic heterocycles. The first kappa shape index (κ1) is 68.3. The minimum atomic E-state index is -1.60. The summed E-state index contributed by atoms with van der Waals surface area (Å²) in [6.07, 6.45) is -12.6. The van der Waals surface area contributed by atoms with E-state index in [4.69, 9.17) is 80.5 Å². The lowest BCUT2D eigenvalue weighted by molar-refractivity contribution is -0.360. The largest absolute Gasteiger partial charge is 0.394 e. The summed E-state index contributed by atoms with van der Waals surface area (Å²) in [7, 11) is 8.03. The molecule has 0 spiro atoms. The molecule has 10 aliphatic rings. The van der Waals surface area contributed by atoms with E-state index in [1.807, 2.05) is 27.7 Å². The van der Waals surface area contributed by atoms with Crippen molar-refractivity contribution in [1.29, 1.82) is 0 Å². The lowest BCUT2D eigenvalue weighted by Gasteiger charge is -2.66. The Morgan fingerprint density at radius 2 is 0.943 bits per heavy atom. The molecule has 87 heavy (non-hydrogen) atoms. The van der Waals surface area contributed by atoms with Crippen molar-refractivity contribution >= 4 is 5.78 Å². The number of aliphatic hydroxyl groups excluding tert-OH is 5. The number of rotatable bonds is 19. The van der Waals surface area contributed by atoms with Crippen LogP contribution in [0.3, 0.4) is 0 Å². The number of carbonyl (C=O) groups is 1. The van der Waals surface area contributed by atoms with Gasteiger partial charge in [-0.05, 0) is 91.9 Å². The van der Waals surface area contributed by atoms with Crippen molar-refractivity contribution in [2.24, 2.45) is 22.7 Å². The van der Waals surface area contributed by atoms with Gasteiger partial charge in [-0.15, -0.1) is 0 Å². The maximum Gasteiger partial charge on any atom is 0.187 e. The van der Waals surface area contributed by atoms with E-state index in [1.165, 1.54) is 14.0 Å². The Bertz CT molecular complexity index is 2320. The summed E-state index contributed by atoms with van der Waals surface area (Å²) in [5.41, 5.74) is -3.54. The molecule has 0 unspecified atom stereocenters. The predicted molar refractivity (Wildman–Crippen MR) is 302 cm³/mol. The van der Waals surface area contributed by atoms with E-state index >= 15 is 0 Å². The smallest absolute Gasteiger partial charge is 0.187 e. The minimum absolute atomic E-state index is 0.0634. The zero-order valence-electron chi connectivity index (χ0n) is 53.0. The molecule has 500 valence electrons. The van der Waals surface area contributed by atoms with Gasteiger partial charge in [0.15, 0.2) is 37.7 Å². The highest BCUT2D eigenvalue weighted by Gasteiger charge is 2.76. The fourth-order valence-corrected chi connectivity index (χ4v) is 17.2. The number of fused-ring (bicyclic) bond motifs is 5. The van der Waals surface area contributed by atoms with Crippen molar-refractivity contribution in [3.05, 3.63) is 11.6 Å². The Morgan fingerprint density at radius 3 is 1.33 bits per heavy atom. The van der Waals surface area contributed by atoms with E-state index in [1.54, 1.807) is 42.3 Å². The Kier molecular flexibility index (Phi) is 21.5. The quantitative estimate of drug-likeness (QED) is 0.0912. The van der Waals surface area contributed by atoms with Gasteiger partial charge in [-0.2, -0.15) is 0 Å². The first-order valence-corrected chi connectivity index (χ1v) is 31.8. The minimum Gasteiger partial charge on any atom is -0.394 e. The Balaban J connectivity index is 0.685. The standard InChI is InChI=1S/C62H102O25/c1-28(64)36-16-19-62(70)60(36,8)44(65)26-43-59(7)17-15-35(20-34(59)14-18-61(43,62)69)81-45-21-37(71-9)53(29(2)76-45)83-46-22-38(72-10)54(30(3)77-46)84-47-23-39(73-11)55(31(4)78-47)85-48-24-40(74-12)56(32(5)79-48)86-49-25-41(75-13)57(33(6)80-49)87-58-52(68)51(67)50(66)42(27-63)82-58/h14,29-33,35-58,63,65-70H,15-27H2,1-13H3/t29-,30-,31-,32-,33-,35+,36+,37-,38-,39-,40+,41-,42-,43-,44-,45+,46+,47+,48+,49+,50-,51+,52-,53-,54-,55-,56-,57-,58+,59+,60+,61+,62-/m1/s1. The van der Waals surface area contributed by atoms with E-state index in [2.05, 4.69) is 13.0 Å². The molecule has 0 aromatic rings. The second-order valence-electron chi connectivity index (χ2n) is 27.0. The molecule has 0 bridgehead atoms. The third kappa shape index (κ3) is 12.7. The molecular weight excluding hydrogens is 1140 g/mol. The molecule has 0 aromatic carbocycles. The highest BCUT2D eigenvalue weighted by molar-refractivity contribution is 5.80. The Labute approximate surface area is 511 Å². The average molecular weight is 1250 g/mol. The molecule has 0 amide bonds. The van der Waals surface area contributed by atoms with Crippen molar-refractivity contribution in [2.75, 3.05) is 42.2 Å². The lowest BCUT2D eigenvalue weighted by atomic mass is 9.43. The van der Waals surface area contributed by atoms with Crippen LogP contribution in [-0.4, -0.2) is 261 Å². The first-order valence-electron chi connectivity index (χ1n) is 31.8. The fraction of sp³-hybridized carbons (Fsp3) is 0.952. The van der Waals surface area contributed by atoms with Crippen LogP contribution in [0.4, 0.5) is 0 Å². The van der Waals surface area contributed by atoms with Crippen LogP contribution in [-0.2, 0) is 85.3 Å². The predicted octanol–water partition coefficient (Wildman–Crippen LogP) is 2.22. The van der Waals surface area contributed by atoms with E-state index < -0.39 is 194 Å². The molecule has 6 heterocycles. The van der Waals surface area contributed by atoms with Gasteiger partial charge in [0.1, 0.15) is 71.9 Å². The molecular formula is C62H102O25. The van der Waals surface area contributed by atoms with Crippen LogP contribution in [0.1, 0.15) is 132 Å². The van der Waals surface area contributed by atoms with Gasteiger partial charge in [-0.3, -0.25) is 4.79 Å². The molecule has 10 rings (SSSR count). The number of ketones is 1. The maximum absolute atomic E-state index is 12.8. The molecule has 9 fully saturated rings. The summed E-state index contributed by atoms with van der Waals surface area (Å²) in [5.74, 6) is -0.974. The fourth-order valence-electron chi connectivity index (χ4n) is 17.2. The molecule has 7 N–H and O–H groups in total.